The molecule has 3 nitrogen and oxygen atoms in total. The average Bonchev–Trinajstić information content (AvgIpc) is 4.12. The molecule has 0 fully saturated rings. The van der Waals surface area contributed by atoms with Gasteiger partial charge in [-0.05, 0) is 112 Å². The van der Waals surface area contributed by atoms with Gasteiger partial charge in [-0.15, -0.1) is 0 Å². The van der Waals surface area contributed by atoms with E-state index in [2.05, 4.69) is 245 Å². The van der Waals surface area contributed by atoms with Crippen LogP contribution in [0.2, 0.25) is 0 Å². The number of aromatic nitrogens is 1. The van der Waals surface area contributed by atoms with E-state index in [1.165, 1.54) is 123 Å². The van der Waals surface area contributed by atoms with Crippen molar-refractivity contribution >= 4 is 56.1 Å². The topological polar surface area (TPSA) is 11.4 Å². The van der Waals surface area contributed by atoms with Crippen molar-refractivity contribution < 1.29 is 0 Å². The van der Waals surface area contributed by atoms with Gasteiger partial charge in [0.15, 0.2) is 0 Å². The average molecular weight is 868 g/mol. The fraction of sp³-hybridized carbons (Fsp3) is 0.0769. The van der Waals surface area contributed by atoms with E-state index in [-0.39, 0.29) is 6.04 Å². The Kier molecular flexibility index (Phi) is 7.95. The summed E-state index contributed by atoms with van der Waals surface area (Å²) in [6.07, 6.45) is 12.6. The minimum absolute atomic E-state index is 0.141. The maximum atomic E-state index is 2.64. The Morgan fingerprint density at radius 2 is 1.10 bits per heavy atom. The van der Waals surface area contributed by atoms with Crippen LogP contribution in [0.1, 0.15) is 51.9 Å². The quantitative estimate of drug-likeness (QED) is 0.171. The third-order valence-corrected chi connectivity index (χ3v) is 15.7. The highest BCUT2D eigenvalue weighted by Gasteiger charge is 2.52. The number of allylic oxidation sites excluding steroid dienone is 2. The van der Waals surface area contributed by atoms with Gasteiger partial charge in [-0.2, -0.15) is 0 Å². The third kappa shape index (κ3) is 4.97. The zero-order valence-electron chi connectivity index (χ0n) is 37.5. The molecule has 4 aliphatic carbocycles. The monoisotopic (exact) mass is 867 g/mol. The molecule has 0 bridgehead atoms. The molecule has 0 saturated heterocycles. The lowest BCUT2D eigenvalue weighted by atomic mass is 9.70. The van der Waals surface area contributed by atoms with Crippen molar-refractivity contribution in [3.05, 3.63) is 269 Å². The van der Waals surface area contributed by atoms with E-state index in [1.807, 2.05) is 0 Å². The summed E-state index contributed by atoms with van der Waals surface area (Å²) in [5.41, 5.74) is 24.0. The van der Waals surface area contributed by atoms with Crippen LogP contribution in [0.25, 0.3) is 61.3 Å². The SMILES string of the molecule is C1=Cc2c(n(-c3ccccc3)c3c(N(C4=CCC5C(=C4)c4ccccc4N5c4cccc5ccccc45)c4cccc5c4-c4ccccc4C54c5ccccc5-c5ccccc54)cccc23)CC1. The normalized spacial score (nSPS) is 16.4. The number of hydrogen-bond donors (Lipinski definition) is 0. The summed E-state index contributed by atoms with van der Waals surface area (Å²) >= 11 is 0. The summed E-state index contributed by atoms with van der Waals surface area (Å²) < 4.78 is 2.57. The second-order valence-corrected chi connectivity index (χ2v) is 18.9. The van der Waals surface area contributed by atoms with E-state index in [4.69, 9.17) is 0 Å². The Labute approximate surface area is 396 Å². The van der Waals surface area contributed by atoms with E-state index < -0.39 is 5.41 Å². The van der Waals surface area contributed by atoms with Crippen LogP contribution < -0.4 is 9.80 Å². The Hall–Kier alpha value is -8.40. The molecule has 1 aromatic heterocycles. The first kappa shape index (κ1) is 37.8. The first-order valence-electron chi connectivity index (χ1n) is 24.2. The molecule has 0 N–H and O–H groups in total. The molecule has 15 rings (SSSR count). The largest absolute Gasteiger partial charge is 0.332 e. The summed E-state index contributed by atoms with van der Waals surface area (Å²) in [6, 6.07) is 77.5. The first-order chi connectivity index (χ1) is 33.8. The predicted molar refractivity (Wildman–Crippen MR) is 283 cm³/mol. The minimum atomic E-state index is -0.463. The summed E-state index contributed by atoms with van der Waals surface area (Å²) in [5, 5.41) is 3.81. The molecular formula is C65H45N3. The number of hydrogen-bond acceptors (Lipinski definition) is 2. The van der Waals surface area contributed by atoms with Gasteiger partial charge in [-0.1, -0.05) is 188 Å². The molecule has 320 valence electrons. The zero-order chi connectivity index (χ0) is 44.5. The molecule has 10 aromatic rings. The van der Waals surface area contributed by atoms with Crippen LogP contribution >= 0.6 is 0 Å². The fourth-order valence-electron chi connectivity index (χ4n) is 13.2. The lowest BCUT2D eigenvalue weighted by Crippen LogP contribution is -2.29. The number of para-hydroxylation sites is 3. The van der Waals surface area contributed by atoms with Crippen molar-refractivity contribution in [3.63, 3.8) is 0 Å². The molecule has 68 heavy (non-hydrogen) atoms. The van der Waals surface area contributed by atoms with Gasteiger partial charge in [0.25, 0.3) is 0 Å². The maximum Gasteiger partial charge on any atom is 0.0779 e. The van der Waals surface area contributed by atoms with E-state index in [0.717, 1.165) is 19.3 Å². The second-order valence-electron chi connectivity index (χ2n) is 18.9. The predicted octanol–water partition coefficient (Wildman–Crippen LogP) is 16.1. The smallest absolute Gasteiger partial charge is 0.0779 e. The van der Waals surface area contributed by atoms with E-state index in [1.54, 1.807) is 0 Å². The van der Waals surface area contributed by atoms with Gasteiger partial charge >= 0.3 is 0 Å². The molecular weight excluding hydrogens is 823 g/mol. The summed E-state index contributed by atoms with van der Waals surface area (Å²) in [6.45, 7) is 0. The number of rotatable bonds is 5. The van der Waals surface area contributed by atoms with Gasteiger partial charge in [-0.3, -0.25) is 0 Å². The minimum Gasteiger partial charge on any atom is -0.332 e. The number of anilines is 4. The zero-order valence-corrected chi connectivity index (χ0v) is 37.5. The van der Waals surface area contributed by atoms with Crippen molar-refractivity contribution in [1.82, 2.24) is 4.57 Å². The molecule has 1 spiro atoms. The van der Waals surface area contributed by atoms with Gasteiger partial charge in [0.05, 0.1) is 28.3 Å². The van der Waals surface area contributed by atoms with Crippen molar-refractivity contribution in [2.24, 2.45) is 0 Å². The standard InChI is InChI=1S/C65H45N3/c1-2-21-43(22-3-1)67-58-34-14-9-26-48(58)50-29-17-38-62(64(50)67)66(44-39-40-60-52(41-44)49-27-10-15-35-59(49)68(60)57-36-16-20-42-19-4-5-23-45(42)57)61-37-18-33-56-63(61)51-28-8-13-32-55(51)65(56)53-30-11-6-24-46(53)47-25-7-12-31-54(47)65/h1-13,15-33,35-39,41,60H,14,34,40H2. The van der Waals surface area contributed by atoms with Gasteiger partial charge in [-0.25, -0.2) is 0 Å². The van der Waals surface area contributed by atoms with E-state index >= 15 is 0 Å². The van der Waals surface area contributed by atoms with Crippen molar-refractivity contribution in [2.75, 3.05) is 9.80 Å². The van der Waals surface area contributed by atoms with Gasteiger partial charge in [0.2, 0.25) is 0 Å². The molecule has 9 aromatic carbocycles. The maximum absolute atomic E-state index is 2.64. The van der Waals surface area contributed by atoms with E-state index in [9.17, 15) is 0 Å². The van der Waals surface area contributed by atoms with Crippen LogP contribution in [0.5, 0.6) is 0 Å². The number of nitrogens with zero attached hydrogens (tertiary/aromatic N) is 3. The molecule has 1 aliphatic heterocycles. The van der Waals surface area contributed by atoms with Crippen LogP contribution in [0.15, 0.2) is 230 Å². The Bertz CT molecular complexity index is 3810. The lowest BCUT2D eigenvalue weighted by Gasteiger charge is -2.35. The summed E-state index contributed by atoms with van der Waals surface area (Å²) in [4.78, 5) is 5.25. The first-order valence-corrected chi connectivity index (χ1v) is 24.2. The van der Waals surface area contributed by atoms with Crippen molar-refractivity contribution in [3.8, 4) is 27.9 Å². The Morgan fingerprint density at radius 1 is 0.500 bits per heavy atom. The van der Waals surface area contributed by atoms with Crippen molar-refractivity contribution in [2.45, 2.75) is 30.7 Å². The van der Waals surface area contributed by atoms with Gasteiger partial charge in [0, 0.05) is 55.9 Å². The fourth-order valence-corrected chi connectivity index (χ4v) is 13.2. The van der Waals surface area contributed by atoms with Crippen LogP contribution in [-0.4, -0.2) is 10.6 Å². The number of fused-ring (bicyclic) bond motifs is 17. The molecule has 0 saturated carbocycles. The molecule has 0 amide bonds. The second kappa shape index (κ2) is 14.3. The molecule has 2 heterocycles. The molecule has 1 unspecified atom stereocenters. The molecule has 3 heteroatoms. The molecule has 0 radical (unpaired) electrons. The van der Waals surface area contributed by atoms with E-state index in [0.29, 0.717) is 0 Å². The van der Waals surface area contributed by atoms with Gasteiger partial charge < -0.3 is 14.4 Å². The highest BCUT2D eigenvalue weighted by Crippen LogP contribution is 2.65. The number of benzene rings is 9. The van der Waals surface area contributed by atoms with Crippen LogP contribution in [0, 0.1) is 0 Å². The Balaban J connectivity index is 1.02. The summed E-state index contributed by atoms with van der Waals surface area (Å²) in [5.74, 6) is 0. The molecule has 1 atom stereocenters. The highest BCUT2D eigenvalue weighted by molar-refractivity contribution is 6.08. The Morgan fingerprint density at radius 3 is 1.93 bits per heavy atom. The third-order valence-electron chi connectivity index (χ3n) is 15.7. The van der Waals surface area contributed by atoms with Crippen molar-refractivity contribution in [1.29, 1.82) is 0 Å². The van der Waals surface area contributed by atoms with Crippen LogP contribution in [0.4, 0.5) is 22.7 Å². The van der Waals surface area contributed by atoms with Gasteiger partial charge in [0.1, 0.15) is 0 Å². The van der Waals surface area contributed by atoms with Crippen LogP contribution in [0.3, 0.4) is 0 Å². The summed E-state index contributed by atoms with van der Waals surface area (Å²) in [7, 11) is 0. The molecule has 5 aliphatic rings. The van der Waals surface area contributed by atoms with Crippen LogP contribution in [-0.2, 0) is 11.8 Å². The lowest BCUT2D eigenvalue weighted by molar-refractivity contribution is 0.793. The highest BCUT2D eigenvalue weighted by atomic mass is 15.2.